The van der Waals surface area contributed by atoms with Crippen LogP contribution in [-0.2, 0) is 13.1 Å². The molecule has 43 heavy (non-hydrogen) atoms. The van der Waals surface area contributed by atoms with Crippen LogP contribution in [0, 0.1) is 11.4 Å². The van der Waals surface area contributed by atoms with Crippen molar-refractivity contribution in [2.45, 2.75) is 45.3 Å². The van der Waals surface area contributed by atoms with Gasteiger partial charge in [-0.3, -0.25) is 4.90 Å². The summed E-state index contributed by atoms with van der Waals surface area (Å²) in [5.74, 6) is -0.164. The number of aromatic nitrogens is 2. The van der Waals surface area contributed by atoms with Gasteiger partial charge in [0.2, 0.25) is 0 Å². The predicted octanol–water partition coefficient (Wildman–Crippen LogP) is 6.61. The highest BCUT2D eigenvalue weighted by Gasteiger charge is 2.46. The van der Waals surface area contributed by atoms with E-state index in [2.05, 4.69) is 69.0 Å². The lowest BCUT2D eigenvalue weighted by atomic mass is 10.0. The van der Waals surface area contributed by atoms with Gasteiger partial charge in [0.15, 0.2) is 0 Å². The molecular formula is C34H36N6O3. The van der Waals surface area contributed by atoms with Gasteiger partial charge >= 0.3 is 5.97 Å². The average Bonchev–Trinajstić information content (AvgIpc) is 3.70. The number of carboxylic acid groups (broad SMARTS) is 1. The number of rotatable bonds is 10. The van der Waals surface area contributed by atoms with Crippen LogP contribution in [0.4, 0.5) is 0 Å². The summed E-state index contributed by atoms with van der Waals surface area (Å²) in [5.41, 5.74) is 14.4. The topological polar surface area (TPSA) is 116 Å². The van der Waals surface area contributed by atoms with Crippen molar-refractivity contribution in [2.24, 2.45) is 11.0 Å². The number of allylic oxidation sites excluding steroid dienone is 1. The fourth-order valence-corrected chi connectivity index (χ4v) is 5.82. The van der Waals surface area contributed by atoms with Gasteiger partial charge in [0.05, 0.1) is 23.3 Å². The molecule has 9 nitrogen and oxygen atoms in total. The summed E-state index contributed by atoms with van der Waals surface area (Å²) in [6, 6.07) is 25.0. The second-order valence-corrected chi connectivity index (χ2v) is 11.5. The monoisotopic (exact) mass is 576 g/mol. The third-order valence-corrected chi connectivity index (χ3v) is 8.04. The first-order chi connectivity index (χ1) is 20.9. The molecule has 3 N–H and O–H groups in total. The molecule has 1 saturated carbocycles. The molecule has 1 aliphatic heterocycles. The van der Waals surface area contributed by atoms with Gasteiger partial charge < -0.3 is 15.2 Å². The van der Waals surface area contributed by atoms with Crippen LogP contribution in [0.3, 0.4) is 0 Å². The smallest absolute Gasteiger partial charge is 0.339 e. The lowest BCUT2D eigenvalue weighted by Crippen LogP contribution is -2.25. The molecule has 6 rings (SSSR count). The number of aromatic carboxylic acids is 1. The Morgan fingerprint density at radius 2 is 1.93 bits per heavy atom. The van der Waals surface area contributed by atoms with Crippen LogP contribution in [-0.4, -0.2) is 44.9 Å². The second kappa shape index (κ2) is 12.2. The molecule has 3 aromatic carbocycles. The van der Waals surface area contributed by atoms with E-state index in [-0.39, 0.29) is 23.4 Å². The zero-order valence-electron chi connectivity index (χ0n) is 24.4. The van der Waals surface area contributed by atoms with Gasteiger partial charge in [-0.15, -0.1) is 0 Å². The van der Waals surface area contributed by atoms with E-state index < -0.39 is 5.97 Å². The Hall–Kier alpha value is -4.76. The number of nitrogens with one attached hydrogen (secondary N) is 2. The largest absolute Gasteiger partial charge is 0.492 e. The van der Waals surface area contributed by atoms with Crippen molar-refractivity contribution >= 4 is 5.97 Å². The minimum atomic E-state index is -1.01. The van der Waals surface area contributed by atoms with Gasteiger partial charge in [-0.1, -0.05) is 48.5 Å². The average molecular weight is 577 g/mol. The summed E-state index contributed by atoms with van der Waals surface area (Å²) in [6.07, 6.45) is 3.92. The molecule has 1 aromatic heterocycles. The van der Waals surface area contributed by atoms with Crippen molar-refractivity contribution in [2.75, 3.05) is 13.2 Å². The normalized spacial score (nSPS) is 18.4. The number of ether oxygens (including phenoxy) is 1. The molecule has 1 unspecified atom stereocenters. The van der Waals surface area contributed by atoms with E-state index in [0.29, 0.717) is 24.4 Å². The first kappa shape index (κ1) is 28.4. The third-order valence-electron chi connectivity index (χ3n) is 8.04. The molecule has 4 aromatic rings. The maximum absolute atomic E-state index is 12.2. The number of nitrogens with zero attached hydrogens (tertiary/aromatic N) is 4. The molecular weight excluding hydrogens is 540 g/mol. The summed E-state index contributed by atoms with van der Waals surface area (Å²) >= 11 is 0. The lowest BCUT2D eigenvalue weighted by Gasteiger charge is -2.20. The van der Waals surface area contributed by atoms with E-state index in [4.69, 9.17) is 10.3 Å². The number of benzene rings is 3. The number of fused-ring (bicyclic) bond motifs is 1. The molecule has 2 heterocycles. The molecule has 1 fully saturated rings. The number of hydrogen-bond donors (Lipinski definition) is 3. The standard InChI is InChI=1S/C34H36N6O3/c1-22(2)36-19-31(38-35)28-17-29(28)33-30(34(41)42)18-37-40(33)27-11-6-10-25(16-27)24-9-5-7-23(15-24)20-39-13-14-43-32-12-4-3-8-26(32)21-39/h3-12,15-16,18-19,22,28-29,35-36H,13-14,17,20-21H2,1-2H3,(H,41,42)/b31-19-,38-35?/t28-,29?/m0/s1. The van der Waals surface area contributed by atoms with Crippen molar-refractivity contribution in [1.82, 2.24) is 20.0 Å². The Morgan fingerprint density at radius 3 is 2.72 bits per heavy atom. The SMILES string of the molecule is CC(C)N/C=C(\N=N)[C@H]1CC1c1c(C(=O)O)cnn1-c1cccc(-c2cccc(CN3CCOc4ccccc4C3)c2)c1. The molecule has 1 aliphatic carbocycles. The van der Waals surface area contributed by atoms with Gasteiger partial charge in [0.1, 0.15) is 17.9 Å². The van der Waals surface area contributed by atoms with Crippen molar-refractivity contribution < 1.29 is 14.6 Å². The van der Waals surface area contributed by atoms with Crippen LogP contribution in [0.25, 0.3) is 16.8 Å². The minimum Gasteiger partial charge on any atom is -0.492 e. The van der Waals surface area contributed by atoms with Crippen molar-refractivity contribution in [3.63, 3.8) is 0 Å². The predicted molar refractivity (Wildman–Crippen MR) is 164 cm³/mol. The van der Waals surface area contributed by atoms with Crippen LogP contribution in [0.1, 0.15) is 53.4 Å². The summed E-state index contributed by atoms with van der Waals surface area (Å²) in [6.45, 7) is 7.19. The Kier molecular flexibility index (Phi) is 8.07. The van der Waals surface area contributed by atoms with Crippen LogP contribution in [0.15, 0.2) is 96.0 Å². The molecule has 220 valence electrons. The molecule has 2 aliphatic rings. The van der Waals surface area contributed by atoms with Crippen molar-refractivity contribution in [1.29, 1.82) is 5.53 Å². The van der Waals surface area contributed by atoms with E-state index in [1.807, 2.05) is 38.1 Å². The maximum atomic E-state index is 12.2. The van der Waals surface area contributed by atoms with Crippen LogP contribution >= 0.6 is 0 Å². The minimum absolute atomic E-state index is 0.0338. The summed E-state index contributed by atoms with van der Waals surface area (Å²) in [5, 5.41) is 21.4. The number of carbonyl (C=O) groups is 1. The highest BCUT2D eigenvalue weighted by molar-refractivity contribution is 5.89. The van der Waals surface area contributed by atoms with E-state index >= 15 is 0 Å². The first-order valence-electron chi connectivity index (χ1n) is 14.7. The fraction of sp³-hybridized carbons (Fsp3) is 0.294. The Labute approximate surface area is 251 Å². The lowest BCUT2D eigenvalue weighted by molar-refractivity contribution is 0.0695. The Balaban J connectivity index is 1.26. The molecule has 0 saturated heterocycles. The van der Waals surface area contributed by atoms with Gasteiger partial charge in [-0.05, 0) is 61.2 Å². The summed E-state index contributed by atoms with van der Waals surface area (Å²) < 4.78 is 7.70. The highest BCUT2D eigenvalue weighted by Crippen LogP contribution is 2.53. The maximum Gasteiger partial charge on any atom is 0.339 e. The highest BCUT2D eigenvalue weighted by atomic mass is 16.5. The molecule has 0 amide bonds. The zero-order chi connectivity index (χ0) is 29.9. The number of carboxylic acids is 1. The van der Waals surface area contributed by atoms with Gasteiger partial charge in [-0.25, -0.2) is 15.0 Å². The van der Waals surface area contributed by atoms with Crippen LogP contribution in [0.2, 0.25) is 0 Å². The first-order valence-corrected chi connectivity index (χ1v) is 14.7. The molecule has 0 spiro atoms. The van der Waals surface area contributed by atoms with Crippen LogP contribution in [0.5, 0.6) is 5.75 Å². The van der Waals surface area contributed by atoms with Crippen molar-refractivity contribution in [3.8, 4) is 22.6 Å². The molecule has 0 radical (unpaired) electrons. The summed E-state index contributed by atoms with van der Waals surface area (Å²) in [4.78, 5) is 14.6. The number of hydrogen-bond acceptors (Lipinski definition) is 7. The quantitative estimate of drug-likeness (QED) is 0.183. The molecule has 2 atom stereocenters. The summed E-state index contributed by atoms with van der Waals surface area (Å²) in [7, 11) is 0. The van der Waals surface area contributed by atoms with Gasteiger partial charge in [0, 0.05) is 49.3 Å². The van der Waals surface area contributed by atoms with Gasteiger partial charge in [-0.2, -0.15) is 10.2 Å². The van der Waals surface area contributed by atoms with E-state index in [0.717, 1.165) is 42.2 Å². The molecule has 0 bridgehead atoms. The van der Waals surface area contributed by atoms with Gasteiger partial charge in [0.25, 0.3) is 0 Å². The third kappa shape index (κ3) is 6.22. The van der Waals surface area contributed by atoms with E-state index in [9.17, 15) is 9.90 Å². The Bertz CT molecular complexity index is 1680. The molecule has 9 heteroatoms. The fourth-order valence-electron chi connectivity index (χ4n) is 5.82. The van der Waals surface area contributed by atoms with Crippen molar-refractivity contribution in [3.05, 3.63) is 113 Å². The Morgan fingerprint density at radius 1 is 1.14 bits per heavy atom. The van der Waals surface area contributed by atoms with E-state index in [1.165, 1.54) is 17.3 Å². The van der Waals surface area contributed by atoms with E-state index in [1.54, 1.807) is 10.9 Å². The van der Waals surface area contributed by atoms with Crippen LogP contribution < -0.4 is 10.1 Å². The zero-order valence-corrected chi connectivity index (χ0v) is 24.4. The number of para-hydroxylation sites is 1. The second-order valence-electron chi connectivity index (χ2n) is 11.5.